The molecule has 10 bridgehead atoms. The largest absolute Gasteiger partial charge is 0.462 e. The molecule has 0 aromatic rings. The Balaban J connectivity index is 1.21. The lowest BCUT2D eigenvalue weighted by atomic mass is 9.78. The number of hydrogen-bond donors (Lipinski definition) is 6. The maximum absolute atomic E-state index is 14.4. The lowest BCUT2D eigenvalue weighted by Gasteiger charge is -2.51. The van der Waals surface area contributed by atoms with Gasteiger partial charge in [-0.25, -0.2) is 0 Å². The van der Waals surface area contributed by atoms with Crippen LogP contribution in [0.5, 0.6) is 0 Å². The number of halogens is 1. The van der Waals surface area contributed by atoms with Gasteiger partial charge in [0.15, 0.2) is 17.4 Å². The van der Waals surface area contributed by atoms with E-state index in [2.05, 4.69) is 19.7 Å². The van der Waals surface area contributed by atoms with Gasteiger partial charge < -0.3 is 78.0 Å². The molecule has 24 atom stereocenters. The minimum atomic E-state index is -2.38. The van der Waals surface area contributed by atoms with Crippen LogP contribution in [0.3, 0.4) is 0 Å². The average Bonchev–Trinajstić information content (AvgIpc) is 1.90. The second-order valence-corrected chi connectivity index (χ2v) is 26.1. The molecule has 84 heavy (non-hydrogen) atoms. The Morgan fingerprint density at radius 3 is 2.11 bits per heavy atom. The third-order valence-corrected chi connectivity index (χ3v) is 18.4. The van der Waals surface area contributed by atoms with Gasteiger partial charge in [0.05, 0.1) is 79.5 Å². The normalized spacial score (nSPS) is 43.6. The quantitative estimate of drug-likeness (QED) is 0.0599. The lowest BCUT2D eigenvalue weighted by Crippen LogP contribution is -2.65. The summed E-state index contributed by atoms with van der Waals surface area (Å²) in [5.74, 6) is -9.96. The van der Waals surface area contributed by atoms with E-state index >= 15 is 0 Å². The summed E-state index contributed by atoms with van der Waals surface area (Å²) in [4.78, 5) is 54.3. The zero-order chi connectivity index (χ0) is 61.6. The van der Waals surface area contributed by atoms with Gasteiger partial charge in [-0.2, -0.15) is 0 Å². The summed E-state index contributed by atoms with van der Waals surface area (Å²) in [6, 6.07) is 0. The molecule has 2 spiro atoms. The van der Waals surface area contributed by atoms with Crippen molar-refractivity contribution in [3.63, 3.8) is 0 Å². The molecule has 0 radical (unpaired) electrons. The van der Waals surface area contributed by atoms with E-state index in [1.54, 1.807) is 27.9 Å². The molecule has 474 valence electrons. The molecule has 6 saturated heterocycles. The van der Waals surface area contributed by atoms with E-state index < -0.39 is 157 Å². The van der Waals surface area contributed by atoms with Crippen LogP contribution in [0.1, 0.15) is 158 Å². The van der Waals surface area contributed by atoms with Crippen molar-refractivity contribution >= 4 is 35.3 Å². The van der Waals surface area contributed by atoms with Gasteiger partial charge in [-0.3, -0.25) is 19.2 Å². The van der Waals surface area contributed by atoms with Crippen molar-refractivity contribution < 1.29 is 97.2 Å². The Hall–Kier alpha value is -3.45. The first kappa shape index (κ1) is 68.0. The molecule has 0 saturated carbocycles. The van der Waals surface area contributed by atoms with Crippen LogP contribution in [-0.4, -0.2) is 176 Å². The van der Waals surface area contributed by atoms with Crippen LogP contribution in [0.2, 0.25) is 0 Å². The fourth-order valence-corrected chi connectivity index (χ4v) is 14.2. The smallest absolute Gasteiger partial charge is 0.308 e. The summed E-state index contributed by atoms with van der Waals surface area (Å²) in [6.45, 7) is 23.8. The molecule has 7 aliphatic heterocycles. The molecule has 7 rings (SSSR count). The number of aliphatic hydroxyl groups is 6. The molecular weight excluding hydrogens is 1110 g/mol. The Morgan fingerprint density at radius 1 is 0.798 bits per heavy atom. The molecule has 0 amide bonds. The number of aliphatic hydroxyl groups excluding tert-OH is 5. The fraction of sp³-hybridized carbons (Fsp3) is 0.778. The molecule has 20 nitrogen and oxygen atoms in total. The third-order valence-electron chi connectivity index (χ3n) is 18.3. The van der Waals surface area contributed by atoms with Gasteiger partial charge in [0.2, 0.25) is 0 Å². The number of carbonyl (C=O) groups excluding carboxylic acids is 4. The highest BCUT2D eigenvalue weighted by Crippen LogP contribution is 2.47. The van der Waals surface area contributed by atoms with Gasteiger partial charge in [0.1, 0.15) is 36.3 Å². The van der Waals surface area contributed by atoms with E-state index in [1.165, 1.54) is 26.0 Å². The summed E-state index contributed by atoms with van der Waals surface area (Å²) < 4.78 is 63.8. The molecular formula is C63H95ClO20. The number of esters is 3. The standard InChI is InChI=1S/C63H95ClO20/c1-33(19-43(67)18-17-36(4)64)21-54-56(72)58-40(8)59(78-54)60(73)63(74)32-52(70)38(6)53(84-63)16-14-12-13-15-45-23-44(68)29-62(80-45)30-49(75-11)24-47(82-62)26-51(69)39(7)57(77-42(10)66)37(5)35(3)22-46-20-34(2)28-61(81-46)31-50(76-41(9)65)25-48(83-61)27-55(71)79-58/h13,15,17-18,34,37-40,43-50,52-54,56-60,67-68,70,72-74H,1,3-4,12,14,16,19-32H2,2,5-11H3/t34-,37-,38-,39-,40-,43-,44+,45+,46-,47+,48-,49+,50+,52+,53-,54-,56-,57+,58-,59-,60+,61-,62-,63-/m1/s1. The van der Waals surface area contributed by atoms with Crippen LogP contribution in [0, 0.1) is 29.6 Å². The van der Waals surface area contributed by atoms with Gasteiger partial charge >= 0.3 is 17.9 Å². The number of rotatable bonds is 9. The topological polar surface area (TPSA) is 282 Å². The monoisotopic (exact) mass is 1210 g/mol. The fourth-order valence-electron chi connectivity index (χ4n) is 14.1. The van der Waals surface area contributed by atoms with Crippen molar-refractivity contribution in [2.75, 3.05) is 7.11 Å². The zero-order valence-corrected chi connectivity index (χ0v) is 51.1. The number of ether oxygens (including phenoxy) is 10. The van der Waals surface area contributed by atoms with Gasteiger partial charge in [0.25, 0.3) is 0 Å². The van der Waals surface area contributed by atoms with Crippen molar-refractivity contribution in [3.05, 3.63) is 60.2 Å². The first-order valence-electron chi connectivity index (χ1n) is 30.3. The lowest BCUT2D eigenvalue weighted by molar-refractivity contribution is -0.350. The molecule has 0 aromatic heterocycles. The van der Waals surface area contributed by atoms with Gasteiger partial charge in [-0.15, -0.1) is 0 Å². The summed E-state index contributed by atoms with van der Waals surface area (Å²) in [7, 11) is 1.59. The SMILES string of the molecule is C=C(Cl)C=C[C@@H](O)CC(=C)C[C@H]1O[C@@H]2[C@H](C)[C@@H](OC(=O)C[C@H]3C[C@H](OC(C)=O)C[C@@]4(C[C@H](C)C[C@H](CC(=C)[C@@H](C)[C@H](OC(C)=O)[C@H](C)C(=O)C[C@@H]5C[C@H](OC)C[C@@]6(C[C@@H](O)C[C@H](C=CCCC[C@H]7O[C@](O)(C[C@H](O)[C@H]7C)[C@H]2O)O6)O5)O4)O3)[C@@H]1O. The van der Waals surface area contributed by atoms with E-state index in [-0.39, 0.29) is 80.6 Å². The minimum absolute atomic E-state index is 0.00817. The number of ketones is 1. The van der Waals surface area contributed by atoms with Crippen LogP contribution in [0.15, 0.2) is 60.2 Å². The van der Waals surface area contributed by atoms with E-state index in [4.69, 9.17) is 59.0 Å². The van der Waals surface area contributed by atoms with Crippen LogP contribution in [0.4, 0.5) is 0 Å². The van der Waals surface area contributed by atoms with Crippen LogP contribution in [0.25, 0.3) is 0 Å². The van der Waals surface area contributed by atoms with E-state index in [9.17, 15) is 49.8 Å². The number of allylic oxidation sites excluding steroid dienone is 3. The molecule has 6 N–H and O–H groups in total. The highest BCUT2D eigenvalue weighted by Gasteiger charge is 2.57. The van der Waals surface area contributed by atoms with E-state index in [0.717, 1.165) is 0 Å². The maximum atomic E-state index is 14.4. The number of methoxy groups -OCH3 is 1. The molecule has 21 heteroatoms. The van der Waals surface area contributed by atoms with Crippen molar-refractivity contribution in [2.24, 2.45) is 29.6 Å². The molecule has 0 aliphatic carbocycles. The number of carbonyl (C=O) groups is 4. The third kappa shape index (κ3) is 17.7. The van der Waals surface area contributed by atoms with Crippen molar-refractivity contribution in [2.45, 2.75) is 273 Å². The molecule has 6 fully saturated rings. The Labute approximate surface area is 500 Å². The van der Waals surface area contributed by atoms with Crippen LogP contribution in [-0.2, 0) is 66.5 Å². The molecule has 0 unspecified atom stereocenters. The van der Waals surface area contributed by atoms with Crippen molar-refractivity contribution in [1.82, 2.24) is 0 Å². The highest BCUT2D eigenvalue weighted by molar-refractivity contribution is 6.30. The van der Waals surface area contributed by atoms with Gasteiger partial charge in [-0.05, 0) is 56.9 Å². The Bertz CT molecular complexity index is 2380. The predicted molar refractivity (Wildman–Crippen MR) is 306 cm³/mol. The number of fused-ring (bicyclic) bond motifs is 8. The van der Waals surface area contributed by atoms with Crippen molar-refractivity contribution in [3.8, 4) is 0 Å². The summed E-state index contributed by atoms with van der Waals surface area (Å²) in [5.41, 5.74) is 1.08. The first-order valence-corrected chi connectivity index (χ1v) is 30.7. The second kappa shape index (κ2) is 29.2. The van der Waals surface area contributed by atoms with Gasteiger partial charge in [0, 0.05) is 102 Å². The van der Waals surface area contributed by atoms with Crippen molar-refractivity contribution in [1.29, 1.82) is 0 Å². The minimum Gasteiger partial charge on any atom is -0.462 e. The van der Waals surface area contributed by atoms with E-state index in [0.29, 0.717) is 56.1 Å². The molecule has 0 aromatic carbocycles. The van der Waals surface area contributed by atoms with Crippen LogP contribution < -0.4 is 0 Å². The second-order valence-electron chi connectivity index (χ2n) is 25.6. The average molecular weight is 1210 g/mol. The van der Waals surface area contributed by atoms with E-state index in [1.807, 2.05) is 26.0 Å². The first-order chi connectivity index (χ1) is 39.5. The number of hydrogen-bond acceptors (Lipinski definition) is 20. The highest BCUT2D eigenvalue weighted by atomic mass is 35.5. The Kier molecular flexibility index (Phi) is 23.7. The summed E-state index contributed by atoms with van der Waals surface area (Å²) in [6.07, 6.45) is -6.00. The number of Topliss-reactive ketones (excluding diaryl/α,β-unsaturated/α-hetero) is 1. The summed E-state index contributed by atoms with van der Waals surface area (Å²) in [5, 5.41) is 70.6. The van der Waals surface area contributed by atoms with Crippen LogP contribution >= 0.6 is 11.6 Å². The maximum Gasteiger partial charge on any atom is 0.308 e. The summed E-state index contributed by atoms with van der Waals surface area (Å²) >= 11 is 5.89. The molecule has 7 aliphatic rings. The predicted octanol–water partition coefficient (Wildman–Crippen LogP) is 6.80. The molecule has 7 heterocycles. The van der Waals surface area contributed by atoms with Gasteiger partial charge in [-0.1, -0.05) is 95.3 Å². The zero-order valence-electron chi connectivity index (χ0n) is 50.4. The Morgan fingerprint density at radius 2 is 1.44 bits per heavy atom.